The van der Waals surface area contributed by atoms with Crippen molar-refractivity contribution in [2.75, 3.05) is 53.7 Å². The van der Waals surface area contributed by atoms with E-state index in [4.69, 9.17) is 23.7 Å². The summed E-state index contributed by atoms with van der Waals surface area (Å²) < 4.78 is 29.3. The predicted octanol–water partition coefficient (Wildman–Crippen LogP) is 6.97. The van der Waals surface area contributed by atoms with E-state index in [0.29, 0.717) is 18.8 Å². The zero-order valence-electron chi connectivity index (χ0n) is 29.9. The van der Waals surface area contributed by atoms with E-state index in [0.717, 1.165) is 27.8 Å². The van der Waals surface area contributed by atoms with E-state index in [1.807, 2.05) is 80.6 Å². The minimum absolute atomic E-state index is 0.00660. The number of fused-ring (bicyclic) bond motifs is 3. The maximum Gasteiger partial charge on any atom is 0.409 e. The van der Waals surface area contributed by atoms with Crippen LogP contribution in [0.2, 0.25) is 0 Å². The van der Waals surface area contributed by atoms with Gasteiger partial charge in [0, 0.05) is 37.8 Å². The zero-order chi connectivity index (χ0) is 37.0. The molecule has 12 heteroatoms. The number of benzene rings is 4. The Morgan fingerprint density at radius 1 is 0.846 bits per heavy atom. The molecule has 4 aromatic rings. The normalized spacial score (nSPS) is 12.6. The minimum atomic E-state index is -0.898. The molecular formula is C40H45N3O9. The van der Waals surface area contributed by atoms with Gasteiger partial charge in [0.2, 0.25) is 11.7 Å². The van der Waals surface area contributed by atoms with E-state index < -0.39 is 29.3 Å². The summed E-state index contributed by atoms with van der Waals surface area (Å²) >= 11 is 0. The highest BCUT2D eigenvalue weighted by Gasteiger charge is 2.35. The van der Waals surface area contributed by atoms with Crippen molar-refractivity contribution in [3.05, 3.63) is 129 Å². The predicted molar refractivity (Wildman–Crippen MR) is 195 cm³/mol. The molecular weight excluding hydrogens is 666 g/mol. The maximum atomic E-state index is 14.4. The molecule has 0 spiro atoms. The number of methoxy groups -OCH3 is 1. The van der Waals surface area contributed by atoms with Gasteiger partial charge in [-0.25, -0.2) is 4.79 Å². The van der Waals surface area contributed by atoms with Crippen molar-refractivity contribution in [3.8, 4) is 16.9 Å². The number of hydrogen-bond acceptors (Lipinski definition) is 9. The molecule has 0 heterocycles. The second-order valence-electron chi connectivity index (χ2n) is 12.2. The summed E-state index contributed by atoms with van der Waals surface area (Å²) in [6.45, 7) is 4.06. The van der Waals surface area contributed by atoms with E-state index in [1.54, 1.807) is 6.07 Å². The third-order valence-electron chi connectivity index (χ3n) is 8.94. The molecule has 0 saturated heterocycles. The summed E-state index contributed by atoms with van der Waals surface area (Å²) in [4.78, 5) is 42.0. The van der Waals surface area contributed by atoms with Crippen LogP contribution in [0.4, 0.5) is 10.5 Å². The molecule has 0 saturated carbocycles. The Bertz CT molecular complexity index is 1770. The van der Waals surface area contributed by atoms with Gasteiger partial charge in [-0.1, -0.05) is 91.0 Å². The molecule has 12 nitrogen and oxygen atoms in total. The summed E-state index contributed by atoms with van der Waals surface area (Å²) in [5.74, 6) is -0.641. The highest BCUT2D eigenvalue weighted by molar-refractivity contribution is 5.83. The van der Waals surface area contributed by atoms with Crippen LogP contribution < -0.4 is 4.74 Å². The van der Waals surface area contributed by atoms with Gasteiger partial charge in [-0.15, -0.1) is 0 Å². The Morgan fingerprint density at radius 3 is 2.06 bits per heavy atom. The number of hydrogen-bond donors (Lipinski definition) is 0. The van der Waals surface area contributed by atoms with Crippen molar-refractivity contribution in [2.24, 2.45) is 0 Å². The van der Waals surface area contributed by atoms with Gasteiger partial charge in [0.05, 0.1) is 37.8 Å². The molecule has 1 atom stereocenters. The van der Waals surface area contributed by atoms with Gasteiger partial charge < -0.3 is 33.5 Å². The molecule has 0 aromatic heterocycles. The molecule has 5 rings (SSSR count). The Kier molecular flexibility index (Phi) is 13.3. The quantitative estimate of drug-likeness (QED) is 0.0610. The molecule has 52 heavy (non-hydrogen) atoms. The number of amides is 2. The number of nitro groups is 1. The molecule has 0 fully saturated rings. The maximum absolute atomic E-state index is 14.4. The Balaban J connectivity index is 1.40. The second-order valence-corrected chi connectivity index (χ2v) is 12.2. The average Bonchev–Trinajstić information content (AvgIpc) is 3.48. The van der Waals surface area contributed by atoms with Crippen molar-refractivity contribution in [2.45, 2.75) is 38.7 Å². The Hall–Kier alpha value is -5.30. The Morgan fingerprint density at radius 2 is 1.46 bits per heavy atom. The van der Waals surface area contributed by atoms with Gasteiger partial charge in [-0.3, -0.25) is 14.9 Å². The van der Waals surface area contributed by atoms with E-state index >= 15 is 0 Å². The van der Waals surface area contributed by atoms with Gasteiger partial charge in [0.25, 0.3) is 0 Å². The third kappa shape index (κ3) is 8.94. The fourth-order valence-corrected chi connectivity index (χ4v) is 6.53. The smallest absolute Gasteiger partial charge is 0.409 e. The Labute approximate surface area is 303 Å². The van der Waals surface area contributed by atoms with Crippen LogP contribution in [-0.2, 0) is 30.3 Å². The van der Waals surface area contributed by atoms with Crippen LogP contribution in [0.15, 0.2) is 97.1 Å². The molecule has 274 valence electrons. The van der Waals surface area contributed by atoms with Crippen molar-refractivity contribution in [1.29, 1.82) is 0 Å². The van der Waals surface area contributed by atoms with Gasteiger partial charge in [-0.2, -0.15) is 0 Å². The fraction of sp³-hybridized carbons (Fsp3) is 0.350. The van der Waals surface area contributed by atoms with E-state index in [2.05, 4.69) is 12.1 Å². The van der Waals surface area contributed by atoms with E-state index in [-0.39, 0.29) is 50.3 Å². The molecule has 0 aliphatic heterocycles. The topological polar surface area (TPSA) is 130 Å². The third-order valence-corrected chi connectivity index (χ3v) is 8.94. The van der Waals surface area contributed by atoms with Gasteiger partial charge >= 0.3 is 11.8 Å². The van der Waals surface area contributed by atoms with E-state index in [9.17, 15) is 19.7 Å². The van der Waals surface area contributed by atoms with Crippen LogP contribution in [-0.4, -0.2) is 86.7 Å². The molecule has 1 unspecified atom stereocenters. The first-order valence-corrected chi connectivity index (χ1v) is 17.3. The van der Waals surface area contributed by atoms with Crippen molar-refractivity contribution < 1.29 is 38.2 Å². The van der Waals surface area contributed by atoms with Gasteiger partial charge in [0.1, 0.15) is 13.2 Å². The molecule has 1 aliphatic rings. The number of para-hydroxylation sites is 1. The van der Waals surface area contributed by atoms with Crippen LogP contribution in [0.5, 0.6) is 5.75 Å². The van der Waals surface area contributed by atoms with Crippen LogP contribution in [0.25, 0.3) is 11.1 Å². The van der Waals surface area contributed by atoms with Crippen molar-refractivity contribution >= 4 is 17.7 Å². The average molecular weight is 712 g/mol. The van der Waals surface area contributed by atoms with Crippen LogP contribution in [0.3, 0.4) is 0 Å². The molecule has 1 aliphatic carbocycles. The lowest BCUT2D eigenvalue weighted by molar-refractivity contribution is -0.385. The van der Waals surface area contributed by atoms with Crippen LogP contribution in [0.1, 0.15) is 48.1 Å². The molecule has 0 radical (unpaired) electrons. The summed E-state index contributed by atoms with van der Waals surface area (Å²) in [7, 11) is 2.83. The van der Waals surface area contributed by atoms with Crippen LogP contribution >= 0.6 is 0 Å². The van der Waals surface area contributed by atoms with Gasteiger partial charge in [0.15, 0.2) is 6.29 Å². The first-order chi connectivity index (χ1) is 25.3. The highest BCUT2D eigenvalue weighted by atomic mass is 16.7. The number of nitrogens with zero attached hydrogens (tertiary/aromatic N) is 3. The largest absolute Gasteiger partial charge is 0.490 e. The van der Waals surface area contributed by atoms with E-state index in [1.165, 1.54) is 36.1 Å². The summed E-state index contributed by atoms with van der Waals surface area (Å²) in [5.41, 5.74) is 5.35. The zero-order valence-corrected chi connectivity index (χ0v) is 29.9. The SMILES string of the molecule is CCOC(CN(C(=O)CN(C)C(=O)OCC1c2ccccc2-c2ccccc21)C(COCc1ccccc1)c1cccc([N+](=O)[O-])c1OC)OCC. The monoisotopic (exact) mass is 711 g/mol. The standard InChI is InChI=1S/C40H45N3O9/c1-5-50-38(51-6-2)24-42(36(27-49-25-28-15-8-7-9-16-28)33-21-14-22-35(43(46)47)39(33)48-4)37(44)23-41(3)40(45)52-26-34-31-19-12-10-17-29(31)30-18-11-13-20-32(30)34/h7-22,34,36,38H,5-6,23-27H2,1-4H3. The summed E-state index contributed by atoms with van der Waals surface area (Å²) in [5, 5.41) is 12.0. The fourth-order valence-electron chi connectivity index (χ4n) is 6.53. The summed E-state index contributed by atoms with van der Waals surface area (Å²) in [6, 6.07) is 29.2. The number of rotatable bonds is 18. The lowest BCUT2D eigenvalue weighted by atomic mass is 9.98. The van der Waals surface area contributed by atoms with Crippen LogP contribution in [0, 0.1) is 10.1 Å². The number of likely N-dealkylation sites (N-methyl/N-ethyl adjacent to an activating group) is 1. The summed E-state index contributed by atoms with van der Waals surface area (Å²) in [6.07, 6.45) is -1.51. The lowest BCUT2D eigenvalue weighted by Crippen LogP contribution is -2.48. The van der Waals surface area contributed by atoms with Crippen molar-refractivity contribution in [1.82, 2.24) is 9.80 Å². The first-order valence-electron chi connectivity index (χ1n) is 17.3. The number of carbonyl (C=O) groups excluding carboxylic acids is 2. The number of nitro benzene ring substituents is 1. The minimum Gasteiger partial charge on any atom is -0.490 e. The number of ether oxygens (including phenoxy) is 5. The van der Waals surface area contributed by atoms with Gasteiger partial charge in [-0.05, 0) is 41.7 Å². The molecule has 0 bridgehead atoms. The number of carbonyl (C=O) groups is 2. The van der Waals surface area contributed by atoms with Crippen molar-refractivity contribution in [3.63, 3.8) is 0 Å². The second kappa shape index (κ2) is 18.3. The lowest BCUT2D eigenvalue weighted by Gasteiger charge is -2.36. The molecule has 0 N–H and O–H groups in total. The molecule has 2 amide bonds. The molecule has 4 aromatic carbocycles. The first kappa shape index (κ1) is 37.9. The highest BCUT2D eigenvalue weighted by Crippen LogP contribution is 2.44.